The summed E-state index contributed by atoms with van der Waals surface area (Å²) in [7, 11) is 0. The van der Waals surface area contributed by atoms with Crippen LogP contribution < -0.4 is 10.9 Å². The van der Waals surface area contributed by atoms with Crippen molar-refractivity contribution in [3.63, 3.8) is 0 Å². The van der Waals surface area contributed by atoms with Crippen molar-refractivity contribution in [3.05, 3.63) is 87.0 Å². The molecule has 25 heavy (non-hydrogen) atoms. The van der Waals surface area contributed by atoms with Gasteiger partial charge in [0.25, 0.3) is 11.5 Å². The third kappa shape index (κ3) is 3.92. The molecule has 3 aromatic rings. The number of amides is 1. The number of rotatable bonds is 4. The number of hydrogen-bond donors (Lipinski definition) is 2. The van der Waals surface area contributed by atoms with Gasteiger partial charge in [0, 0.05) is 28.9 Å². The zero-order chi connectivity index (χ0) is 17.8. The third-order valence-electron chi connectivity index (χ3n) is 3.56. The monoisotopic (exact) mass is 357 g/mol. The number of aromatic amines is 1. The molecule has 0 bridgehead atoms. The van der Waals surface area contributed by atoms with Gasteiger partial charge in [0.2, 0.25) is 0 Å². The Bertz CT molecular complexity index is 971. The van der Waals surface area contributed by atoms with Crippen molar-refractivity contribution in [2.24, 2.45) is 0 Å². The maximum absolute atomic E-state index is 13.5. The summed E-state index contributed by atoms with van der Waals surface area (Å²) in [6, 6.07) is 12.8. The van der Waals surface area contributed by atoms with Crippen LogP contribution in [0.15, 0.2) is 59.5 Å². The van der Waals surface area contributed by atoms with Crippen LogP contribution in [0.4, 0.5) is 4.39 Å². The van der Waals surface area contributed by atoms with Crippen molar-refractivity contribution in [3.8, 4) is 11.4 Å². The van der Waals surface area contributed by atoms with Crippen molar-refractivity contribution in [1.82, 2.24) is 15.3 Å². The molecule has 0 unspecified atom stereocenters. The highest BCUT2D eigenvalue weighted by Gasteiger charge is 2.13. The highest BCUT2D eigenvalue weighted by atomic mass is 35.5. The van der Waals surface area contributed by atoms with Gasteiger partial charge < -0.3 is 10.3 Å². The van der Waals surface area contributed by atoms with E-state index in [1.165, 1.54) is 12.3 Å². The Morgan fingerprint density at radius 2 is 1.88 bits per heavy atom. The molecule has 3 rings (SSSR count). The van der Waals surface area contributed by atoms with Crippen molar-refractivity contribution >= 4 is 17.5 Å². The van der Waals surface area contributed by atoms with Crippen LogP contribution in [0.3, 0.4) is 0 Å². The summed E-state index contributed by atoms with van der Waals surface area (Å²) in [4.78, 5) is 30.9. The number of H-pyrrole nitrogens is 1. The number of nitrogens with one attached hydrogen (secondary N) is 2. The van der Waals surface area contributed by atoms with E-state index in [9.17, 15) is 14.0 Å². The van der Waals surface area contributed by atoms with Crippen molar-refractivity contribution in [1.29, 1.82) is 0 Å². The fourth-order valence-electron chi connectivity index (χ4n) is 2.22. The van der Waals surface area contributed by atoms with E-state index in [4.69, 9.17) is 11.6 Å². The molecule has 0 radical (unpaired) electrons. The summed E-state index contributed by atoms with van der Waals surface area (Å²) < 4.78 is 13.5. The maximum atomic E-state index is 13.5. The molecule has 2 N–H and O–H groups in total. The predicted molar refractivity (Wildman–Crippen MR) is 92.9 cm³/mol. The topological polar surface area (TPSA) is 74.8 Å². The first kappa shape index (κ1) is 16.9. The number of aromatic nitrogens is 2. The van der Waals surface area contributed by atoms with Crippen LogP contribution in [-0.4, -0.2) is 15.9 Å². The predicted octanol–water partition coefficient (Wildman–Crippen LogP) is 3.16. The normalized spacial score (nSPS) is 10.5. The van der Waals surface area contributed by atoms with Crippen LogP contribution in [0, 0.1) is 5.82 Å². The molecular formula is C18H13ClFN3O2. The van der Waals surface area contributed by atoms with Gasteiger partial charge in [0.1, 0.15) is 17.2 Å². The van der Waals surface area contributed by atoms with Gasteiger partial charge in [-0.1, -0.05) is 29.8 Å². The summed E-state index contributed by atoms with van der Waals surface area (Å²) in [5.41, 5.74) is 0.276. The second-order valence-corrected chi connectivity index (χ2v) is 5.69. The molecule has 0 aliphatic rings. The summed E-state index contributed by atoms with van der Waals surface area (Å²) in [5, 5.41) is 3.07. The summed E-state index contributed by atoms with van der Waals surface area (Å²) in [6.07, 6.45) is 1.19. The molecule has 0 spiro atoms. The Balaban J connectivity index is 1.76. The van der Waals surface area contributed by atoms with Gasteiger partial charge in [-0.05, 0) is 30.3 Å². The highest BCUT2D eigenvalue weighted by molar-refractivity contribution is 6.30. The molecule has 2 aromatic carbocycles. The Kier molecular flexibility index (Phi) is 4.90. The van der Waals surface area contributed by atoms with Gasteiger partial charge in [-0.15, -0.1) is 0 Å². The minimum atomic E-state index is -0.625. The molecule has 0 atom stereocenters. The van der Waals surface area contributed by atoms with E-state index in [2.05, 4.69) is 15.3 Å². The number of halogens is 2. The number of carbonyl (C=O) groups is 1. The van der Waals surface area contributed by atoms with Gasteiger partial charge in [0.05, 0.1) is 0 Å². The van der Waals surface area contributed by atoms with Crippen molar-refractivity contribution < 1.29 is 9.18 Å². The molecular weight excluding hydrogens is 345 g/mol. The molecule has 5 nitrogen and oxygen atoms in total. The molecule has 0 saturated heterocycles. The Labute approximate surface area is 147 Å². The van der Waals surface area contributed by atoms with Crippen LogP contribution in [0.5, 0.6) is 0 Å². The number of carbonyl (C=O) groups excluding carboxylic acids is 1. The Hall–Kier alpha value is -2.99. The quantitative estimate of drug-likeness (QED) is 0.753. The first-order chi connectivity index (χ1) is 12.0. The van der Waals surface area contributed by atoms with Gasteiger partial charge in [-0.3, -0.25) is 9.59 Å². The van der Waals surface area contributed by atoms with E-state index in [-0.39, 0.29) is 12.1 Å². The molecule has 1 amide bonds. The van der Waals surface area contributed by atoms with Crippen LogP contribution in [0.25, 0.3) is 11.4 Å². The van der Waals surface area contributed by atoms with Gasteiger partial charge in [-0.2, -0.15) is 0 Å². The van der Waals surface area contributed by atoms with Gasteiger partial charge in [0.15, 0.2) is 0 Å². The smallest absolute Gasteiger partial charge is 0.264 e. The van der Waals surface area contributed by atoms with Gasteiger partial charge >= 0.3 is 0 Å². The number of hydrogen-bond acceptors (Lipinski definition) is 3. The lowest BCUT2D eigenvalue weighted by Crippen LogP contribution is -2.30. The SMILES string of the molecule is O=C(NCc1ccccc1F)c1cnc(-c2ccc(Cl)cc2)[nH]c1=O. The van der Waals surface area contributed by atoms with Crippen molar-refractivity contribution in [2.45, 2.75) is 6.54 Å². The molecule has 7 heteroatoms. The third-order valence-corrected chi connectivity index (χ3v) is 3.81. The highest BCUT2D eigenvalue weighted by Crippen LogP contribution is 2.16. The average molecular weight is 358 g/mol. The van der Waals surface area contributed by atoms with Gasteiger partial charge in [-0.25, -0.2) is 9.37 Å². The van der Waals surface area contributed by atoms with Crippen LogP contribution in [-0.2, 0) is 6.54 Å². The van der Waals surface area contributed by atoms with E-state index in [0.29, 0.717) is 22.0 Å². The van der Waals surface area contributed by atoms with Crippen LogP contribution in [0.1, 0.15) is 15.9 Å². The lowest BCUT2D eigenvalue weighted by atomic mass is 10.2. The number of nitrogens with zero attached hydrogens (tertiary/aromatic N) is 1. The minimum Gasteiger partial charge on any atom is -0.348 e. The summed E-state index contributed by atoms with van der Waals surface area (Å²) in [5.74, 6) is -0.722. The van der Waals surface area contributed by atoms with E-state index in [1.54, 1.807) is 42.5 Å². The largest absolute Gasteiger partial charge is 0.348 e. The molecule has 0 saturated carbocycles. The second-order valence-electron chi connectivity index (χ2n) is 5.26. The fourth-order valence-corrected chi connectivity index (χ4v) is 2.35. The van der Waals surface area contributed by atoms with E-state index in [0.717, 1.165) is 0 Å². The van der Waals surface area contributed by atoms with Crippen LogP contribution in [0.2, 0.25) is 5.02 Å². The van der Waals surface area contributed by atoms with Crippen LogP contribution >= 0.6 is 11.6 Å². The molecule has 0 fully saturated rings. The molecule has 126 valence electrons. The zero-order valence-corrected chi connectivity index (χ0v) is 13.7. The molecule has 1 heterocycles. The second kappa shape index (κ2) is 7.27. The zero-order valence-electron chi connectivity index (χ0n) is 12.9. The Morgan fingerprint density at radius 1 is 1.16 bits per heavy atom. The lowest BCUT2D eigenvalue weighted by Gasteiger charge is -2.06. The standard InChI is InChI=1S/C18H13ClFN3O2/c19-13-7-5-11(6-8-13)16-21-10-14(18(25)23-16)17(24)22-9-12-3-1-2-4-15(12)20/h1-8,10H,9H2,(H,22,24)(H,21,23,25). The molecule has 0 aliphatic heterocycles. The minimum absolute atomic E-state index is 0.0239. The lowest BCUT2D eigenvalue weighted by molar-refractivity contribution is 0.0948. The Morgan fingerprint density at radius 3 is 2.56 bits per heavy atom. The first-order valence-electron chi connectivity index (χ1n) is 7.41. The summed E-state index contributed by atoms with van der Waals surface area (Å²) in [6.45, 7) is -0.0239. The fraction of sp³-hybridized carbons (Fsp3) is 0.0556. The molecule has 0 aliphatic carbocycles. The van der Waals surface area contributed by atoms with E-state index < -0.39 is 17.3 Å². The van der Waals surface area contributed by atoms with E-state index >= 15 is 0 Å². The average Bonchev–Trinajstić information content (AvgIpc) is 2.61. The summed E-state index contributed by atoms with van der Waals surface area (Å²) >= 11 is 5.82. The molecule has 1 aromatic heterocycles. The van der Waals surface area contributed by atoms with Crippen molar-refractivity contribution in [2.75, 3.05) is 0 Å². The maximum Gasteiger partial charge on any atom is 0.264 e. The number of benzene rings is 2. The van der Waals surface area contributed by atoms with E-state index in [1.807, 2.05) is 0 Å². The first-order valence-corrected chi connectivity index (χ1v) is 7.79.